The zero-order chi connectivity index (χ0) is 12.9. The molecule has 4 nitrogen and oxygen atoms in total. The molecule has 0 radical (unpaired) electrons. The van der Waals surface area contributed by atoms with Crippen molar-refractivity contribution in [2.75, 3.05) is 14.1 Å². The Morgan fingerprint density at radius 2 is 2.00 bits per heavy atom. The summed E-state index contributed by atoms with van der Waals surface area (Å²) in [5, 5.41) is 2.87. The quantitative estimate of drug-likeness (QED) is 0.600. The maximum absolute atomic E-state index is 12.5. The average molecular weight is 331 g/mol. The zero-order valence-electron chi connectivity index (χ0n) is 10.4. The number of amides is 1. The van der Waals surface area contributed by atoms with Gasteiger partial charge in [-0.3, -0.25) is 14.4 Å². The third-order valence-corrected chi connectivity index (χ3v) is 8.18. The molecule has 0 aliphatic rings. The molecule has 7 heteroatoms. The lowest BCUT2D eigenvalue weighted by Crippen LogP contribution is -2.31. The fourth-order valence-electron chi connectivity index (χ4n) is 0.767. The molecule has 0 aromatic heterocycles. The van der Waals surface area contributed by atoms with E-state index in [1.54, 1.807) is 25.7 Å². The van der Waals surface area contributed by atoms with E-state index in [1.807, 2.05) is 13.8 Å². The van der Waals surface area contributed by atoms with Gasteiger partial charge in [0.05, 0.1) is 4.83 Å². The van der Waals surface area contributed by atoms with Gasteiger partial charge < -0.3 is 0 Å². The number of carbonyl (C=O) groups is 1. The summed E-state index contributed by atoms with van der Waals surface area (Å²) in [5.74, 6) is -0.243. The van der Waals surface area contributed by atoms with Gasteiger partial charge in [0, 0.05) is 5.25 Å². The maximum Gasteiger partial charge on any atom is 0.294 e. The van der Waals surface area contributed by atoms with Crippen LogP contribution in [0.25, 0.3) is 0 Å². The molecule has 0 aromatic rings. The van der Waals surface area contributed by atoms with E-state index in [0.29, 0.717) is 0 Å². The predicted molar refractivity (Wildman–Crippen MR) is 75.2 cm³/mol. The molecule has 0 rings (SSSR count). The highest BCUT2D eigenvalue weighted by molar-refractivity contribution is 9.10. The minimum atomic E-state index is -2.85. The summed E-state index contributed by atoms with van der Waals surface area (Å²) in [4.78, 5) is 11.2. The SMILES string of the molecule is CCC(C)SP(=O)(NC(=O)C(C)Br)N(C)C. The number of hydrogen-bond donors (Lipinski definition) is 1. The first-order valence-corrected chi connectivity index (χ1v) is 9.21. The molecule has 0 aliphatic heterocycles. The Balaban J connectivity index is 4.71. The highest BCUT2D eigenvalue weighted by atomic mass is 79.9. The molecule has 0 spiro atoms. The van der Waals surface area contributed by atoms with Crippen molar-refractivity contribution >= 4 is 39.9 Å². The van der Waals surface area contributed by atoms with Crippen LogP contribution < -0.4 is 5.09 Å². The second-order valence-electron chi connectivity index (χ2n) is 3.78. The molecule has 3 atom stereocenters. The molecule has 0 aromatic carbocycles. The van der Waals surface area contributed by atoms with Crippen LogP contribution in [0.1, 0.15) is 27.2 Å². The van der Waals surface area contributed by atoms with Gasteiger partial charge in [0.25, 0.3) is 6.65 Å². The maximum atomic E-state index is 12.5. The molecule has 16 heavy (non-hydrogen) atoms. The summed E-state index contributed by atoms with van der Waals surface area (Å²) >= 11 is 4.49. The standard InChI is InChI=1S/C9H20BrN2O2PS/c1-6-7(2)16-15(14,12(4)5)11-9(13)8(3)10/h7-8H,6H2,1-5H3,(H,11,13,14). The minimum absolute atomic E-state index is 0.243. The van der Waals surface area contributed by atoms with Gasteiger partial charge >= 0.3 is 0 Å². The summed E-state index contributed by atoms with van der Waals surface area (Å²) in [6.45, 7) is 2.90. The van der Waals surface area contributed by atoms with Crippen LogP contribution >= 0.6 is 34.0 Å². The summed E-state index contributed by atoms with van der Waals surface area (Å²) in [5.41, 5.74) is 0. The smallest absolute Gasteiger partial charge is 0.286 e. The van der Waals surface area contributed by atoms with Crippen LogP contribution in [0.4, 0.5) is 0 Å². The number of halogens is 1. The van der Waals surface area contributed by atoms with Crippen molar-refractivity contribution in [3.8, 4) is 0 Å². The second-order valence-corrected chi connectivity index (χ2v) is 10.4. The molecule has 1 amide bonds. The molecule has 0 saturated carbocycles. The Kier molecular flexibility index (Phi) is 7.26. The van der Waals surface area contributed by atoms with E-state index in [-0.39, 0.29) is 16.0 Å². The molecular weight excluding hydrogens is 311 g/mol. The number of alkyl halides is 1. The third-order valence-electron chi connectivity index (χ3n) is 2.04. The Bertz CT molecular complexity index is 287. The van der Waals surface area contributed by atoms with Crippen LogP contribution in [0.5, 0.6) is 0 Å². The first kappa shape index (κ1) is 16.5. The summed E-state index contributed by atoms with van der Waals surface area (Å²) < 4.78 is 14.1. The molecule has 96 valence electrons. The van der Waals surface area contributed by atoms with E-state index in [2.05, 4.69) is 21.0 Å². The van der Waals surface area contributed by atoms with Crippen LogP contribution in [-0.4, -0.2) is 34.8 Å². The van der Waals surface area contributed by atoms with Gasteiger partial charge in [-0.25, -0.2) is 4.67 Å². The van der Waals surface area contributed by atoms with E-state index >= 15 is 0 Å². The van der Waals surface area contributed by atoms with Crippen molar-refractivity contribution in [1.82, 2.24) is 9.76 Å². The van der Waals surface area contributed by atoms with Crippen molar-refractivity contribution in [3.05, 3.63) is 0 Å². The van der Waals surface area contributed by atoms with Crippen LogP contribution in [0.2, 0.25) is 0 Å². The van der Waals surface area contributed by atoms with Crippen LogP contribution in [0, 0.1) is 0 Å². The van der Waals surface area contributed by atoms with Gasteiger partial charge in [-0.2, -0.15) is 0 Å². The molecule has 0 saturated heterocycles. The van der Waals surface area contributed by atoms with E-state index < -0.39 is 6.65 Å². The van der Waals surface area contributed by atoms with Crippen molar-refractivity contribution < 1.29 is 9.36 Å². The molecule has 3 unspecified atom stereocenters. The van der Waals surface area contributed by atoms with Crippen molar-refractivity contribution in [2.24, 2.45) is 0 Å². The topological polar surface area (TPSA) is 49.4 Å². The van der Waals surface area contributed by atoms with Gasteiger partial charge in [-0.15, -0.1) is 0 Å². The van der Waals surface area contributed by atoms with Crippen LogP contribution in [0.3, 0.4) is 0 Å². The number of rotatable bonds is 6. The van der Waals surface area contributed by atoms with Gasteiger partial charge in [-0.1, -0.05) is 41.2 Å². The number of nitrogens with zero attached hydrogens (tertiary/aromatic N) is 1. The fraction of sp³-hybridized carbons (Fsp3) is 0.889. The van der Waals surface area contributed by atoms with E-state index in [1.165, 1.54) is 11.4 Å². The third kappa shape index (κ3) is 5.21. The zero-order valence-corrected chi connectivity index (χ0v) is 13.7. The van der Waals surface area contributed by atoms with Crippen LogP contribution in [0.15, 0.2) is 0 Å². The van der Waals surface area contributed by atoms with Gasteiger partial charge in [0.1, 0.15) is 0 Å². The normalized spacial score (nSPS) is 18.9. The van der Waals surface area contributed by atoms with Gasteiger partial charge in [-0.05, 0) is 27.4 Å². The summed E-state index contributed by atoms with van der Waals surface area (Å²) in [7, 11) is 3.44. The fourth-order valence-corrected chi connectivity index (χ4v) is 5.51. The number of carbonyl (C=O) groups excluding carboxylic acids is 1. The monoisotopic (exact) mass is 330 g/mol. The Labute approximate surface area is 110 Å². The molecule has 0 heterocycles. The van der Waals surface area contributed by atoms with Crippen molar-refractivity contribution in [3.63, 3.8) is 0 Å². The lowest BCUT2D eigenvalue weighted by molar-refractivity contribution is -0.118. The lowest BCUT2D eigenvalue weighted by Gasteiger charge is -2.27. The van der Waals surface area contributed by atoms with Crippen molar-refractivity contribution in [2.45, 2.75) is 37.3 Å². The number of hydrogen-bond acceptors (Lipinski definition) is 3. The first-order chi connectivity index (χ1) is 7.23. The second kappa shape index (κ2) is 7.04. The molecule has 0 aliphatic carbocycles. The first-order valence-electron chi connectivity index (χ1n) is 5.15. The highest BCUT2D eigenvalue weighted by Crippen LogP contribution is 2.58. The molecule has 0 bridgehead atoms. The van der Waals surface area contributed by atoms with Crippen molar-refractivity contribution in [1.29, 1.82) is 0 Å². The molecular formula is C9H20BrN2O2PS. The van der Waals surface area contributed by atoms with E-state index in [9.17, 15) is 9.36 Å². The van der Waals surface area contributed by atoms with Gasteiger partial charge in [0.15, 0.2) is 0 Å². The molecule has 0 fully saturated rings. The van der Waals surface area contributed by atoms with Crippen LogP contribution in [-0.2, 0) is 9.36 Å². The Morgan fingerprint density at radius 3 is 2.31 bits per heavy atom. The van der Waals surface area contributed by atoms with E-state index in [0.717, 1.165) is 6.42 Å². The Morgan fingerprint density at radius 1 is 1.50 bits per heavy atom. The minimum Gasteiger partial charge on any atom is -0.286 e. The summed E-state index contributed by atoms with van der Waals surface area (Å²) in [6.07, 6.45) is 0.919. The predicted octanol–water partition coefficient (Wildman–Crippen LogP) is 3.09. The summed E-state index contributed by atoms with van der Waals surface area (Å²) in [6, 6.07) is 0. The average Bonchev–Trinajstić information content (AvgIpc) is 2.16. The lowest BCUT2D eigenvalue weighted by atomic mass is 10.4. The molecule has 1 N–H and O–H groups in total. The number of nitrogens with one attached hydrogen (secondary N) is 1. The van der Waals surface area contributed by atoms with E-state index in [4.69, 9.17) is 0 Å². The Hall–Kier alpha value is 0.490. The highest BCUT2D eigenvalue weighted by Gasteiger charge is 2.31. The largest absolute Gasteiger partial charge is 0.294 e. The van der Waals surface area contributed by atoms with Gasteiger partial charge in [0.2, 0.25) is 5.91 Å².